The van der Waals surface area contributed by atoms with Crippen molar-refractivity contribution in [3.8, 4) is 0 Å². The zero-order valence-corrected chi connectivity index (χ0v) is 12.1. The van der Waals surface area contributed by atoms with Gasteiger partial charge in [-0.15, -0.1) is 0 Å². The SMILES string of the molecule is O=C(CN1CCC(C(=O)O)C1)Nc1cc(Cl)ccc1Cl. The molecule has 0 aromatic heterocycles. The molecule has 0 aliphatic carbocycles. The highest BCUT2D eigenvalue weighted by Crippen LogP contribution is 2.25. The number of anilines is 1. The van der Waals surface area contributed by atoms with Gasteiger partial charge in [0.2, 0.25) is 5.91 Å². The largest absolute Gasteiger partial charge is 0.481 e. The van der Waals surface area contributed by atoms with E-state index in [0.717, 1.165) is 0 Å². The van der Waals surface area contributed by atoms with Gasteiger partial charge in [-0.25, -0.2) is 0 Å². The van der Waals surface area contributed by atoms with Gasteiger partial charge in [-0.1, -0.05) is 23.2 Å². The summed E-state index contributed by atoms with van der Waals surface area (Å²) in [5.41, 5.74) is 0.457. The van der Waals surface area contributed by atoms with Crippen LogP contribution < -0.4 is 5.32 Å². The predicted molar refractivity (Wildman–Crippen MR) is 77.3 cm³/mol. The van der Waals surface area contributed by atoms with Gasteiger partial charge in [0.1, 0.15) is 0 Å². The van der Waals surface area contributed by atoms with E-state index >= 15 is 0 Å². The third-order valence-electron chi connectivity index (χ3n) is 3.19. The number of likely N-dealkylation sites (tertiary alicyclic amines) is 1. The van der Waals surface area contributed by atoms with Crippen LogP contribution in [0.1, 0.15) is 6.42 Å². The zero-order valence-electron chi connectivity index (χ0n) is 10.6. The van der Waals surface area contributed by atoms with Crippen LogP contribution in [-0.4, -0.2) is 41.5 Å². The number of carboxylic acid groups (broad SMARTS) is 1. The molecule has 0 spiro atoms. The summed E-state index contributed by atoms with van der Waals surface area (Å²) in [6, 6.07) is 4.82. The minimum Gasteiger partial charge on any atom is -0.481 e. The molecule has 1 heterocycles. The number of carbonyl (C=O) groups is 2. The number of benzene rings is 1. The lowest BCUT2D eigenvalue weighted by molar-refractivity contribution is -0.141. The average molecular weight is 317 g/mol. The van der Waals surface area contributed by atoms with Gasteiger partial charge in [0.25, 0.3) is 0 Å². The van der Waals surface area contributed by atoms with Crippen LogP contribution >= 0.6 is 23.2 Å². The van der Waals surface area contributed by atoms with Crippen molar-refractivity contribution in [2.75, 3.05) is 25.0 Å². The number of hydrogen-bond donors (Lipinski definition) is 2. The molecule has 1 amide bonds. The van der Waals surface area contributed by atoms with Crippen molar-refractivity contribution >= 4 is 40.8 Å². The van der Waals surface area contributed by atoms with Gasteiger partial charge in [-0.05, 0) is 31.2 Å². The van der Waals surface area contributed by atoms with Crippen LogP contribution in [0.3, 0.4) is 0 Å². The van der Waals surface area contributed by atoms with Gasteiger partial charge in [0.15, 0.2) is 0 Å². The van der Waals surface area contributed by atoms with E-state index in [1.807, 2.05) is 4.90 Å². The summed E-state index contributed by atoms with van der Waals surface area (Å²) in [6.45, 7) is 1.15. The van der Waals surface area contributed by atoms with E-state index in [4.69, 9.17) is 28.3 Å². The van der Waals surface area contributed by atoms with E-state index < -0.39 is 11.9 Å². The molecule has 0 bridgehead atoms. The predicted octanol–water partition coefficient (Wildman–Crippen LogP) is 2.34. The van der Waals surface area contributed by atoms with Crippen molar-refractivity contribution in [3.05, 3.63) is 28.2 Å². The molecule has 5 nitrogen and oxygen atoms in total. The third-order valence-corrected chi connectivity index (χ3v) is 3.76. The number of hydrogen-bond acceptors (Lipinski definition) is 3. The summed E-state index contributed by atoms with van der Waals surface area (Å²) in [7, 11) is 0. The van der Waals surface area contributed by atoms with Crippen molar-refractivity contribution < 1.29 is 14.7 Å². The second-order valence-electron chi connectivity index (χ2n) is 4.73. The molecule has 1 atom stereocenters. The molecule has 2 N–H and O–H groups in total. The lowest BCUT2D eigenvalue weighted by atomic mass is 10.1. The van der Waals surface area contributed by atoms with Crippen LogP contribution in [0, 0.1) is 5.92 Å². The van der Waals surface area contributed by atoms with Crippen molar-refractivity contribution in [1.82, 2.24) is 4.90 Å². The number of nitrogens with zero attached hydrogens (tertiary/aromatic N) is 1. The van der Waals surface area contributed by atoms with Crippen LogP contribution in [0.15, 0.2) is 18.2 Å². The minimum atomic E-state index is -0.814. The summed E-state index contributed by atoms with van der Waals surface area (Å²) in [5, 5.41) is 12.5. The topological polar surface area (TPSA) is 69.6 Å². The normalized spacial score (nSPS) is 19.0. The third kappa shape index (κ3) is 3.85. The number of halogens is 2. The molecule has 0 radical (unpaired) electrons. The van der Waals surface area contributed by atoms with Crippen LogP contribution in [0.2, 0.25) is 10.0 Å². The number of aliphatic carboxylic acids is 1. The van der Waals surface area contributed by atoms with E-state index in [9.17, 15) is 9.59 Å². The Hall–Kier alpha value is -1.30. The van der Waals surface area contributed by atoms with Crippen LogP contribution in [0.25, 0.3) is 0 Å². The molecule has 7 heteroatoms. The molecule has 20 heavy (non-hydrogen) atoms. The minimum absolute atomic E-state index is 0.145. The van der Waals surface area contributed by atoms with Gasteiger partial charge in [-0.3, -0.25) is 14.5 Å². The van der Waals surface area contributed by atoms with E-state index in [-0.39, 0.29) is 12.5 Å². The van der Waals surface area contributed by atoms with Gasteiger partial charge >= 0.3 is 5.97 Å². The van der Waals surface area contributed by atoms with Crippen molar-refractivity contribution in [2.24, 2.45) is 5.92 Å². The number of carbonyl (C=O) groups excluding carboxylic acids is 1. The maximum Gasteiger partial charge on any atom is 0.307 e. The van der Waals surface area contributed by atoms with Gasteiger partial charge < -0.3 is 10.4 Å². The van der Waals surface area contributed by atoms with Crippen molar-refractivity contribution in [1.29, 1.82) is 0 Å². The Morgan fingerprint density at radius 3 is 2.80 bits per heavy atom. The monoisotopic (exact) mass is 316 g/mol. The van der Waals surface area contributed by atoms with Gasteiger partial charge in [0, 0.05) is 11.6 Å². The quantitative estimate of drug-likeness (QED) is 0.894. The molecule has 1 aromatic rings. The molecule has 1 aliphatic heterocycles. The fourth-order valence-electron chi connectivity index (χ4n) is 2.16. The molecule has 0 saturated carbocycles. The first kappa shape index (κ1) is 15.1. The summed E-state index contributed by atoms with van der Waals surface area (Å²) in [5.74, 6) is -1.44. The maximum absolute atomic E-state index is 11.9. The molecule has 1 unspecified atom stereocenters. The maximum atomic E-state index is 11.9. The smallest absolute Gasteiger partial charge is 0.307 e. The lowest BCUT2D eigenvalue weighted by Crippen LogP contribution is -2.32. The lowest BCUT2D eigenvalue weighted by Gasteiger charge is -2.15. The summed E-state index contributed by atoms with van der Waals surface area (Å²) < 4.78 is 0. The Labute approximate surface area is 126 Å². The standard InChI is InChI=1S/C13H14Cl2N2O3/c14-9-1-2-10(15)11(5-9)16-12(18)7-17-4-3-8(6-17)13(19)20/h1-2,5,8H,3-4,6-7H2,(H,16,18)(H,19,20). The summed E-state index contributed by atoms with van der Waals surface area (Å²) in [6.07, 6.45) is 0.570. The summed E-state index contributed by atoms with van der Waals surface area (Å²) >= 11 is 11.8. The van der Waals surface area contributed by atoms with Crippen molar-refractivity contribution in [2.45, 2.75) is 6.42 Å². The highest BCUT2D eigenvalue weighted by Gasteiger charge is 2.28. The molecule has 1 aliphatic rings. The van der Waals surface area contributed by atoms with E-state index in [2.05, 4.69) is 5.32 Å². The molecule has 1 saturated heterocycles. The first-order valence-corrected chi connectivity index (χ1v) is 6.91. The van der Waals surface area contributed by atoms with E-state index in [1.165, 1.54) is 0 Å². The fraction of sp³-hybridized carbons (Fsp3) is 0.385. The van der Waals surface area contributed by atoms with Gasteiger partial charge in [-0.2, -0.15) is 0 Å². The Morgan fingerprint density at radius 1 is 1.40 bits per heavy atom. The summed E-state index contributed by atoms with van der Waals surface area (Å²) in [4.78, 5) is 24.6. The Kier molecular flexibility index (Phi) is 4.86. The van der Waals surface area contributed by atoms with Crippen LogP contribution in [0.5, 0.6) is 0 Å². The van der Waals surface area contributed by atoms with Crippen LogP contribution in [0.4, 0.5) is 5.69 Å². The highest BCUT2D eigenvalue weighted by atomic mass is 35.5. The molecule has 108 valence electrons. The Balaban J connectivity index is 1.90. The molecular formula is C13H14Cl2N2O3. The molecular weight excluding hydrogens is 303 g/mol. The molecule has 2 rings (SSSR count). The second-order valence-corrected chi connectivity index (χ2v) is 5.57. The number of rotatable bonds is 4. The average Bonchev–Trinajstić information content (AvgIpc) is 2.82. The first-order valence-electron chi connectivity index (χ1n) is 6.16. The molecule has 1 aromatic carbocycles. The highest BCUT2D eigenvalue weighted by molar-refractivity contribution is 6.35. The number of carboxylic acids is 1. The van der Waals surface area contributed by atoms with E-state index in [0.29, 0.717) is 35.2 Å². The first-order chi connectivity index (χ1) is 9.45. The zero-order chi connectivity index (χ0) is 14.7. The van der Waals surface area contributed by atoms with Crippen LogP contribution in [-0.2, 0) is 9.59 Å². The van der Waals surface area contributed by atoms with Gasteiger partial charge in [0.05, 0.1) is 23.2 Å². The Bertz CT molecular complexity index is 536. The number of nitrogens with one attached hydrogen (secondary N) is 1. The van der Waals surface area contributed by atoms with Crippen molar-refractivity contribution in [3.63, 3.8) is 0 Å². The fourth-order valence-corrected chi connectivity index (χ4v) is 2.50. The number of amides is 1. The molecule has 1 fully saturated rings. The second kappa shape index (κ2) is 6.43. The Morgan fingerprint density at radius 2 is 2.15 bits per heavy atom. The van der Waals surface area contributed by atoms with E-state index in [1.54, 1.807) is 18.2 Å².